The molecule has 0 aliphatic carbocycles. The van der Waals surface area contributed by atoms with Crippen molar-refractivity contribution in [3.05, 3.63) is 133 Å². The lowest BCUT2D eigenvalue weighted by atomic mass is 9.83. The fourth-order valence-electron chi connectivity index (χ4n) is 7.55. The summed E-state index contributed by atoms with van der Waals surface area (Å²) in [6, 6.07) is 48.6. The zero-order valence-corrected chi connectivity index (χ0v) is 22.1. The monoisotopic (exact) mass is 518 g/mol. The van der Waals surface area contributed by atoms with Crippen LogP contribution in [0.15, 0.2) is 138 Å². The van der Waals surface area contributed by atoms with E-state index in [2.05, 4.69) is 133 Å². The van der Waals surface area contributed by atoms with Crippen LogP contribution < -0.4 is 0 Å². The summed E-state index contributed by atoms with van der Waals surface area (Å²) in [6.07, 6.45) is 0. The Balaban J connectivity index is 1.46. The van der Waals surface area contributed by atoms with Crippen molar-refractivity contribution in [1.29, 1.82) is 0 Å². The van der Waals surface area contributed by atoms with Crippen LogP contribution in [0.4, 0.5) is 0 Å². The lowest BCUT2D eigenvalue weighted by molar-refractivity contribution is 0.670. The third kappa shape index (κ3) is 2.66. The Morgan fingerprint density at radius 1 is 0.366 bits per heavy atom. The Bertz CT molecular complexity index is 2560. The van der Waals surface area contributed by atoms with Crippen molar-refractivity contribution in [3.63, 3.8) is 0 Å². The third-order valence-electron chi connectivity index (χ3n) is 9.14. The molecule has 0 radical (unpaired) electrons. The molecule has 1 heteroatoms. The van der Waals surface area contributed by atoms with E-state index in [0.717, 1.165) is 16.7 Å². The van der Waals surface area contributed by atoms with Crippen molar-refractivity contribution in [2.75, 3.05) is 0 Å². The molecule has 0 spiro atoms. The van der Waals surface area contributed by atoms with Crippen LogP contribution in [-0.2, 0) is 0 Å². The van der Waals surface area contributed by atoms with Gasteiger partial charge in [-0.15, -0.1) is 0 Å². The fourth-order valence-corrected chi connectivity index (χ4v) is 7.55. The minimum Gasteiger partial charge on any atom is -0.455 e. The summed E-state index contributed by atoms with van der Waals surface area (Å²) in [7, 11) is 0. The molecule has 188 valence electrons. The maximum atomic E-state index is 6.88. The van der Waals surface area contributed by atoms with Gasteiger partial charge in [-0.05, 0) is 71.7 Å². The van der Waals surface area contributed by atoms with Gasteiger partial charge in [-0.1, -0.05) is 121 Å². The van der Waals surface area contributed by atoms with Gasteiger partial charge in [0.1, 0.15) is 11.2 Å². The average molecular weight is 519 g/mol. The highest BCUT2D eigenvalue weighted by molar-refractivity contribution is 6.41. The van der Waals surface area contributed by atoms with Crippen LogP contribution in [0.3, 0.4) is 0 Å². The fraction of sp³-hybridized carbons (Fsp3) is 0. The Morgan fingerprint density at radius 2 is 0.951 bits per heavy atom. The van der Waals surface area contributed by atoms with Crippen molar-refractivity contribution in [2.24, 2.45) is 0 Å². The van der Waals surface area contributed by atoms with Crippen molar-refractivity contribution >= 4 is 75.8 Å². The number of fused-ring (bicyclic) bond motifs is 3. The smallest absolute Gasteiger partial charge is 0.143 e. The van der Waals surface area contributed by atoms with E-state index < -0.39 is 0 Å². The van der Waals surface area contributed by atoms with E-state index in [-0.39, 0.29) is 0 Å². The van der Waals surface area contributed by atoms with E-state index in [1.807, 2.05) is 0 Å². The van der Waals surface area contributed by atoms with Gasteiger partial charge in [-0.2, -0.15) is 0 Å². The van der Waals surface area contributed by atoms with Crippen LogP contribution >= 0.6 is 0 Å². The molecule has 1 nitrogen and oxygen atoms in total. The van der Waals surface area contributed by atoms with Gasteiger partial charge < -0.3 is 4.42 Å². The Hall–Kier alpha value is -5.40. The summed E-state index contributed by atoms with van der Waals surface area (Å²) in [5, 5.41) is 15.2. The number of benzene rings is 9. The quantitative estimate of drug-likeness (QED) is 0.164. The molecule has 0 aliphatic rings. The number of hydrogen-bond acceptors (Lipinski definition) is 1. The van der Waals surface area contributed by atoms with Gasteiger partial charge in [-0.3, -0.25) is 0 Å². The van der Waals surface area contributed by atoms with Crippen LogP contribution in [-0.4, -0.2) is 0 Å². The van der Waals surface area contributed by atoms with Crippen molar-refractivity contribution in [1.82, 2.24) is 0 Å². The predicted octanol–water partition coefficient (Wildman–Crippen LogP) is 11.6. The predicted molar refractivity (Wildman–Crippen MR) is 174 cm³/mol. The first-order valence-corrected chi connectivity index (χ1v) is 14.2. The number of hydrogen-bond donors (Lipinski definition) is 0. The molecular formula is C40H22O. The first-order chi connectivity index (χ1) is 20.4. The molecule has 1 aromatic heterocycles. The van der Waals surface area contributed by atoms with Crippen LogP contribution in [0.1, 0.15) is 0 Å². The standard InChI is InChI=1S/C40H22O/c1-2-10-23(11-3-1)34-26-13-4-6-15-29(26)37(30-16-7-5-14-27(30)34)32-22-25-21-20-24-12-8-17-28-31-18-9-19-33-38(31)39(40(32)41-33)36(25)35(24)28/h1-22H. The molecule has 41 heavy (non-hydrogen) atoms. The van der Waals surface area contributed by atoms with Gasteiger partial charge in [0.25, 0.3) is 0 Å². The molecule has 0 unspecified atom stereocenters. The molecule has 0 bridgehead atoms. The number of rotatable bonds is 2. The van der Waals surface area contributed by atoms with Crippen LogP contribution in [0.25, 0.3) is 98.1 Å². The zero-order chi connectivity index (χ0) is 26.7. The third-order valence-corrected chi connectivity index (χ3v) is 9.14. The molecule has 0 fully saturated rings. The summed E-state index contributed by atoms with van der Waals surface area (Å²) in [5.74, 6) is 0. The Labute approximate surface area is 235 Å². The summed E-state index contributed by atoms with van der Waals surface area (Å²) in [6.45, 7) is 0. The molecule has 10 rings (SSSR count). The molecule has 0 atom stereocenters. The highest BCUT2D eigenvalue weighted by atomic mass is 16.3. The maximum absolute atomic E-state index is 6.88. The van der Waals surface area contributed by atoms with Crippen molar-refractivity contribution in [3.8, 4) is 22.3 Å². The molecular weight excluding hydrogens is 496 g/mol. The van der Waals surface area contributed by atoms with E-state index in [0.29, 0.717) is 0 Å². The summed E-state index contributed by atoms with van der Waals surface area (Å²) in [4.78, 5) is 0. The molecule has 0 saturated carbocycles. The van der Waals surface area contributed by atoms with E-state index >= 15 is 0 Å². The maximum Gasteiger partial charge on any atom is 0.143 e. The summed E-state index contributed by atoms with van der Waals surface area (Å²) < 4.78 is 6.88. The summed E-state index contributed by atoms with van der Waals surface area (Å²) >= 11 is 0. The lowest BCUT2D eigenvalue weighted by Crippen LogP contribution is -1.92. The van der Waals surface area contributed by atoms with Gasteiger partial charge in [0.15, 0.2) is 0 Å². The first kappa shape index (κ1) is 21.4. The normalized spacial score (nSPS) is 12.4. The van der Waals surface area contributed by atoms with Gasteiger partial charge in [0.2, 0.25) is 0 Å². The minimum absolute atomic E-state index is 0.951. The SMILES string of the molecule is c1ccc(-c2c3ccccc3c(-c3cc4ccc5cccc6c7cccc8oc3c(c87)c4c56)c3ccccc23)cc1. The molecule has 0 amide bonds. The highest BCUT2D eigenvalue weighted by Gasteiger charge is 2.25. The molecule has 10 aromatic rings. The lowest BCUT2D eigenvalue weighted by Gasteiger charge is -2.19. The van der Waals surface area contributed by atoms with Crippen LogP contribution in [0, 0.1) is 0 Å². The van der Waals surface area contributed by atoms with E-state index in [9.17, 15) is 0 Å². The van der Waals surface area contributed by atoms with Gasteiger partial charge >= 0.3 is 0 Å². The van der Waals surface area contributed by atoms with Crippen LogP contribution in [0.5, 0.6) is 0 Å². The first-order valence-electron chi connectivity index (χ1n) is 14.2. The highest BCUT2D eigenvalue weighted by Crippen LogP contribution is 2.51. The molecule has 0 saturated heterocycles. The van der Waals surface area contributed by atoms with Gasteiger partial charge in [0.05, 0.1) is 0 Å². The average Bonchev–Trinajstić information content (AvgIpc) is 3.43. The molecule has 0 aliphatic heterocycles. The topological polar surface area (TPSA) is 13.1 Å². The molecule has 1 heterocycles. The number of furan rings is 1. The minimum atomic E-state index is 0.951. The van der Waals surface area contributed by atoms with Crippen LogP contribution in [0.2, 0.25) is 0 Å². The molecule has 9 aromatic carbocycles. The molecule has 0 N–H and O–H groups in total. The Morgan fingerprint density at radius 3 is 1.68 bits per heavy atom. The second kappa shape index (κ2) is 7.62. The summed E-state index contributed by atoms with van der Waals surface area (Å²) in [5.41, 5.74) is 6.83. The van der Waals surface area contributed by atoms with Crippen molar-refractivity contribution < 1.29 is 4.42 Å². The second-order valence-corrected chi connectivity index (χ2v) is 11.2. The van der Waals surface area contributed by atoms with Gasteiger partial charge in [0, 0.05) is 27.3 Å². The second-order valence-electron chi connectivity index (χ2n) is 11.2. The van der Waals surface area contributed by atoms with E-state index in [1.165, 1.54) is 81.3 Å². The van der Waals surface area contributed by atoms with Gasteiger partial charge in [-0.25, -0.2) is 0 Å². The zero-order valence-electron chi connectivity index (χ0n) is 22.1. The van der Waals surface area contributed by atoms with Crippen molar-refractivity contribution in [2.45, 2.75) is 0 Å². The van der Waals surface area contributed by atoms with E-state index in [4.69, 9.17) is 4.42 Å². The van der Waals surface area contributed by atoms with E-state index in [1.54, 1.807) is 0 Å². The largest absolute Gasteiger partial charge is 0.455 e. The Kier molecular flexibility index (Phi) is 3.98.